The maximum Gasteiger partial charge on any atom is 0.119 e. The first-order valence-corrected chi connectivity index (χ1v) is 4.62. The van der Waals surface area contributed by atoms with Crippen LogP contribution in [0.2, 0.25) is 0 Å². The third-order valence-electron chi connectivity index (χ3n) is 2.19. The fourth-order valence-electron chi connectivity index (χ4n) is 1.59. The summed E-state index contributed by atoms with van der Waals surface area (Å²) < 4.78 is 12.6. The molecule has 68 valence electrons. The van der Waals surface area contributed by atoms with Gasteiger partial charge >= 0.3 is 0 Å². The van der Waals surface area contributed by atoms with Gasteiger partial charge in [0.2, 0.25) is 0 Å². The number of nitrogens with one attached hydrogen (secondary N) is 1. The van der Waals surface area contributed by atoms with Crippen molar-refractivity contribution in [2.24, 2.45) is 11.8 Å². The molecule has 1 N–H and O–H groups in total. The van der Waals surface area contributed by atoms with E-state index in [2.05, 4.69) is 5.32 Å². The predicted molar refractivity (Wildman–Crippen MR) is 49.5 cm³/mol. The van der Waals surface area contributed by atoms with E-state index in [1.54, 1.807) is 12.2 Å². The monoisotopic (exact) mass is 169 g/mol. The van der Waals surface area contributed by atoms with E-state index >= 15 is 0 Å². The Morgan fingerprint density at radius 1 is 1.33 bits per heavy atom. The minimum atomic E-state index is -0.0787. The Bertz CT molecular complexity index is 196. The van der Waals surface area contributed by atoms with Gasteiger partial charge in [-0.1, -0.05) is 19.9 Å². The van der Waals surface area contributed by atoms with Gasteiger partial charge in [-0.05, 0) is 24.0 Å². The molecule has 0 aromatic carbocycles. The van der Waals surface area contributed by atoms with Gasteiger partial charge in [0.25, 0.3) is 0 Å². The lowest BCUT2D eigenvalue weighted by atomic mass is 9.92. The van der Waals surface area contributed by atoms with Crippen molar-refractivity contribution in [1.29, 1.82) is 0 Å². The molecule has 12 heavy (non-hydrogen) atoms. The summed E-state index contributed by atoms with van der Waals surface area (Å²) in [5.41, 5.74) is 0. The molecule has 0 bridgehead atoms. The third kappa shape index (κ3) is 1.95. The number of allylic oxidation sites excluding steroid dienone is 2. The average Bonchev–Trinajstić information content (AvgIpc) is 2.54. The van der Waals surface area contributed by atoms with E-state index in [0.717, 1.165) is 13.1 Å². The van der Waals surface area contributed by atoms with Crippen LogP contribution in [0.15, 0.2) is 24.1 Å². The van der Waals surface area contributed by atoms with Crippen LogP contribution in [0.5, 0.6) is 0 Å². The van der Waals surface area contributed by atoms with Crippen LogP contribution in [0.25, 0.3) is 0 Å². The molecular weight excluding hydrogens is 153 g/mol. The Morgan fingerprint density at radius 2 is 2.00 bits per heavy atom. The fraction of sp³-hybridized carbons (Fsp3) is 0.600. The Balaban J connectivity index is 0.000000336. The second kappa shape index (κ2) is 4.41. The summed E-state index contributed by atoms with van der Waals surface area (Å²) in [4.78, 5) is 0. The summed E-state index contributed by atoms with van der Waals surface area (Å²) >= 11 is 0. The van der Waals surface area contributed by atoms with E-state index in [-0.39, 0.29) is 5.83 Å². The minimum absolute atomic E-state index is 0.0787. The molecule has 1 nitrogen and oxygen atoms in total. The molecule has 2 aliphatic rings. The van der Waals surface area contributed by atoms with Crippen molar-refractivity contribution >= 4 is 0 Å². The molecule has 2 heteroatoms. The standard InChI is InChI=1S/C8H10FN.C2H6/c9-8-2-1-6-4-10-5-7(6)3-8;1-2/h1-3,6-7,10H,4-5H2;1-2H3. The lowest BCUT2D eigenvalue weighted by Gasteiger charge is -2.13. The van der Waals surface area contributed by atoms with Gasteiger partial charge in [-0.15, -0.1) is 0 Å². The van der Waals surface area contributed by atoms with Gasteiger partial charge in [0.1, 0.15) is 5.83 Å². The predicted octanol–water partition coefficient (Wildman–Crippen LogP) is 2.27. The van der Waals surface area contributed by atoms with Gasteiger partial charge in [0.15, 0.2) is 0 Å². The van der Waals surface area contributed by atoms with Gasteiger partial charge in [0, 0.05) is 13.1 Å². The number of fused-ring (bicyclic) bond motifs is 1. The summed E-state index contributed by atoms with van der Waals surface area (Å²) in [5.74, 6) is 0.870. The van der Waals surface area contributed by atoms with E-state index in [1.165, 1.54) is 0 Å². The smallest absolute Gasteiger partial charge is 0.119 e. The lowest BCUT2D eigenvalue weighted by Crippen LogP contribution is -2.09. The van der Waals surface area contributed by atoms with Crippen molar-refractivity contribution in [3.05, 3.63) is 24.1 Å². The molecule has 0 aromatic heterocycles. The minimum Gasteiger partial charge on any atom is -0.316 e. The van der Waals surface area contributed by atoms with Crippen LogP contribution in [0.1, 0.15) is 13.8 Å². The highest BCUT2D eigenvalue weighted by molar-refractivity contribution is 5.22. The summed E-state index contributed by atoms with van der Waals surface area (Å²) in [6, 6.07) is 0. The van der Waals surface area contributed by atoms with Crippen molar-refractivity contribution in [3.63, 3.8) is 0 Å². The van der Waals surface area contributed by atoms with Crippen LogP contribution in [0, 0.1) is 11.8 Å². The second-order valence-corrected chi connectivity index (χ2v) is 2.90. The molecule has 0 radical (unpaired) electrons. The summed E-state index contributed by atoms with van der Waals surface area (Å²) in [6.07, 6.45) is 5.23. The molecule has 1 fully saturated rings. The Kier molecular flexibility index (Phi) is 3.48. The molecule has 1 saturated heterocycles. The summed E-state index contributed by atoms with van der Waals surface area (Å²) in [6.45, 7) is 5.94. The van der Waals surface area contributed by atoms with Crippen LogP contribution in [-0.2, 0) is 0 Å². The van der Waals surface area contributed by atoms with Gasteiger partial charge in [-0.25, -0.2) is 4.39 Å². The zero-order valence-corrected chi connectivity index (χ0v) is 7.68. The van der Waals surface area contributed by atoms with Crippen LogP contribution < -0.4 is 5.32 Å². The first-order chi connectivity index (χ1) is 5.86. The van der Waals surface area contributed by atoms with Crippen molar-refractivity contribution in [2.75, 3.05) is 13.1 Å². The first kappa shape index (κ1) is 9.46. The molecular formula is C10H16FN. The average molecular weight is 169 g/mol. The van der Waals surface area contributed by atoms with Crippen molar-refractivity contribution in [3.8, 4) is 0 Å². The van der Waals surface area contributed by atoms with Gasteiger partial charge < -0.3 is 5.32 Å². The van der Waals surface area contributed by atoms with E-state index in [9.17, 15) is 4.39 Å². The highest BCUT2D eigenvalue weighted by Gasteiger charge is 2.25. The maximum absolute atomic E-state index is 12.6. The molecule has 1 heterocycles. The number of rotatable bonds is 0. The Morgan fingerprint density at radius 3 is 2.75 bits per heavy atom. The summed E-state index contributed by atoms with van der Waals surface area (Å²) in [5, 5.41) is 3.22. The van der Waals surface area contributed by atoms with Gasteiger partial charge in [-0.3, -0.25) is 0 Å². The zero-order valence-electron chi connectivity index (χ0n) is 7.68. The fourth-order valence-corrected chi connectivity index (χ4v) is 1.59. The lowest BCUT2D eigenvalue weighted by molar-refractivity contribution is 0.551. The molecule has 0 amide bonds. The van der Waals surface area contributed by atoms with Gasteiger partial charge in [0.05, 0.1) is 0 Å². The quantitative estimate of drug-likeness (QED) is 0.586. The van der Waals surface area contributed by atoms with E-state index in [0.29, 0.717) is 11.8 Å². The number of hydrogen-bond acceptors (Lipinski definition) is 1. The highest BCUT2D eigenvalue weighted by Crippen LogP contribution is 2.25. The number of halogens is 1. The summed E-state index contributed by atoms with van der Waals surface area (Å²) in [7, 11) is 0. The highest BCUT2D eigenvalue weighted by atomic mass is 19.1. The molecule has 2 unspecified atom stereocenters. The molecule has 2 rings (SSSR count). The SMILES string of the molecule is CC.FC1=CC2CNCC2C=C1. The van der Waals surface area contributed by atoms with Crippen LogP contribution >= 0.6 is 0 Å². The molecule has 0 aromatic rings. The normalized spacial score (nSPS) is 31.8. The molecule has 1 aliphatic heterocycles. The molecule has 2 atom stereocenters. The van der Waals surface area contributed by atoms with Gasteiger partial charge in [-0.2, -0.15) is 0 Å². The van der Waals surface area contributed by atoms with Crippen LogP contribution in [-0.4, -0.2) is 13.1 Å². The topological polar surface area (TPSA) is 12.0 Å². The molecule has 0 spiro atoms. The van der Waals surface area contributed by atoms with Crippen molar-refractivity contribution in [2.45, 2.75) is 13.8 Å². The van der Waals surface area contributed by atoms with Crippen molar-refractivity contribution < 1.29 is 4.39 Å². The molecule has 0 saturated carbocycles. The van der Waals surface area contributed by atoms with E-state index in [1.807, 2.05) is 19.9 Å². The Labute approximate surface area is 73.4 Å². The zero-order chi connectivity index (χ0) is 8.97. The first-order valence-electron chi connectivity index (χ1n) is 4.62. The molecule has 1 aliphatic carbocycles. The Hall–Kier alpha value is -0.630. The van der Waals surface area contributed by atoms with Crippen LogP contribution in [0.3, 0.4) is 0 Å². The number of hydrogen-bond donors (Lipinski definition) is 1. The van der Waals surface area contributed by atoms with Crippen LogP contribution in [0.4, 0.5) is 4.39 Å². The van der Waals surface area contributed by atoms with Crippen molar-refractivity contribution in [1.82, 2.24) is 5.32 Å². The van der Waals surface area contributed by atoms with E-state index in [4.69, 9.17) is 0 Å². The second-order valence-electron chi connectivity index (χ2n) is 2.90. The maximum atomic E-state index is 12.6. The third-order valence-corrected chi connectivity index (χ3v) is 2.19. The largest absolute Gasteiger partial charge is 0.316 e. The van der Waals surface area contributed by atoms with E-state index < -0.39 is 0 Å².